The quantitative estimate of drug-likeness (QED) is 0.685. The molecule has 0 aromatic carbocycles. The molecule has 3 nitrogen and oxygen atoms in total. The Morgan fingerprint density at radius 2 is 2.27 bits per heavy atom. The number of nitrogens with zero attached hydrogens (tertiary/aromatic N) is 2. The van der Waals surface area contributed by atoms with E-state index >= 15 is 0 Å². The molecular formula is C11H23N3S. The molecule has 0 bridgehead atoms. The third-order valence-electron chi connectivity index (χ3n) is 3.20. The van der Waals surface area contributed by atoms with Crippen molar-refractivity contribution in [2.45, 2.75) is 52.1 Å². The van der Waals surface area contributed by atoms with Gasteiger partial charge >= 0.3 is 0 Å². The Balaban J connectivity index is 2.33. The number of nitrogens with one attached hydrogen (secondary N) is 1. The van der Waals surface area contributed by atoms with E-state index in [-0.39, 0.29) is 0 Å². The van der Waals surface area contributed by atoms with E-state index in [1.165, 1.54) is 32.1 Å². The van der Waals surface area contributed by atoms with Gasteiger partial charge in [-0.3, -0.25) is 5.43 Å². The molecule has 2 unspecified atom stereocenters. The molecule has 0 amide bonds. The largest absolute Gasteiger partial charge is 0.332 e. The second-order valence-electron chi connectivity index (χ2n) is 4.32. The van der Waals surface area contributed by atoms with Crippen LogP contribution in [0.1, 0.15) is 46.0 Å². The molecular weight excluding hydrogens is 206 g/mol. The minimum atomic E-state index is 0.347. The van der Waals surface area contributed by atoms with Gasteiger partial charge in [-0.05, 0) is 12.3 Å². The molecule has 1 N–H and O–H groups in total. The lowest BCUT2D eigenvalue weighted by Crippen LogP contribution is -2.37. The summed E-state index contributed by atoms with van der Waals surface area (Å²) in [4.78, 5) is 2.11. The summed E-state index contributed by atoms with van der Waals surface area (Å²) in [6, 6.07) is 0. The van der Waals surface area contributed by atoms with Crippen molar-refractivity contribution in [1.82, 2.24) is 10.3 Å². The number of hydrogen-bond acceptors (Lipinski definition) is 3. The Hall–Kier alpha value is -0.380. The van der Waals surface area contributed by atoms with Crippen LogP contribution in [0.4, 0.5) is 0 Å². The highest BCUT2D eigenvalue weighted by molar-refractivity contribution is 7.96. The van der Waals surface area contributed by atoms with Crippen molar-refractivity contribution in [3.05, 3.63) is 0 Å². The van der Waals surface area contributed by atoms with Gasteiger partial charge in [0.15, 0.2) is 5.17 Å². The maximum Gasteiger partial charge on any atom is 0.181 e. The van der Waals surface area contributed by atoms with Crippen molar-refractivity contribution in [2.75, 3.05) is 7.05 Å². The van der Waals surface area contributed by atoms with Crippen LogP contribution in [0, 0.1) is 5.92 Å². The van der Waals surface area contributed by atoms with Gasteiger partial charge in [-0.15, -0.1) is 12.6 Å². The normalized spacial score (nSPS) is 22.5. The summed E-state index contributed by atoms with van der Waals surface area (Å²) < 4.78 is 0. The van der Waals surface area contributed by atoms with Crippen LogP contribution in [-0.4, -0.2) is 23.3 Å². The maximum atomic E-state index is 4.28. The zero-order valence-electron chi connectivity index (χ0n) is 10.0. The van der Waals surface area contributed by atoms with E-state index in [4.69, 9.17) is 0 Å². The Morgan fingerprint density at radius 3 is 2.73 bits per heavy atom. The molecule has 1 aliphatic rings. The Kier molecular flexibility index (Phi) is 5.29. The monoisotopic (exact) mass is 229 g/mol. The number of rotatable bonds is 6. The molecule has 1 rings (SSSR count). The molecule has 1 aliphatic heterocycles. The molecule has 0 spiro atoms. The average Bonchev–Trinajstić information content (AvgIpc) is 2.55. The lowest BCUT2D eigenvalue weighted by molar-refractivity contribution is 0.266. The summed E-state index contributed by atoms with van der Waals surface area (Å²) in [5.41, 5.74) is 3.13. The molecule has 0 radical (unpaired) electrons. The van der Waals surface area contributed by atoms with Gasteiger partial charge in [0.05, 0.1) is 0 Å². The molecule has 2 atom stereocenters. The van der Waals surface area contributed by atoms with Gasteiger partial charge in [0.1, 0.15) is 6.17 Å². The highest BCUT2D eigenvalue weighted by Crippen LogP contribution is 2.21. The van der Waals surface area contributed by atoms with Crippen LogP contribution in [0.3, 0.4) is 0 Å². The van der Waals surface area contributed by atoms with E-state index in [2.05, 4.69) is 41.9 Å². The molecule has 15 heavy (non-hydrogen) atoms. The Labute approximate surface area is 98.7 Å². The first-order chi connectivity index (χ1) is 7.19. The predicted octanol–water partition coefficient (Wildman–Crippen LogP) is 2.65. The minimum absolute atomic E-state index is 0.347. The summed E-state index contributed by atoms with van der Waals surface area (Å²) in [6.07, 6.45) is 6.73. The summed E-state index contributed by atoms with van der Waals surface area (Å²) in [5.74, 6) is 0.805. The first kappa shape index (κ1) is 12.7. The van der Waals surface area contributed by atoms with Crippen LogP contribution < -0.4 is 5.43 Å². The van der Waals surface area contributed by atoms with Gasteiger partial charge < -0.3 is 4.90 Å². The zero-order chi connectivity index (χ0) is 11.3. The molecule has 0 aromatic heterocycles. The SMILES string of the molecule is CCCCC(CC)CC1NN=C(S)N1C. The molecule has 88 valence electrons. The number of thiol groups is 1. The summed E-state index contributed by atoms with van der Waals surface area (Å²) in [5, 5.41) is 4.92. The van der Waals surface area contributed by atoms with Crippen LogP contribution in [0.2, 0.25) is 0 Å². The summed E-state index contributed by atoms with van der Waals surface area (Å²) in [6.45, 7) is 4.53. The summed E-state index contributed by atoms with van der Waals surface area (Å²) >= 11 is 4.28. The lowest BCUT2D eigenvalue weighted by Gasteiger charge is -2.25. The highest BCUT2D eigenvalue weighted by atomic mass is 32.1. The number of unbranched alkanes of at least 4 members (excludes halogenated alkanes) is 1. The second kappa shape index (κ2) is 6.26. The Bertz CT molecular complexity index is 218. The number of hydrogen-bond donors (Lipinski definition) is 2. The third kappa shape index (κ3) is 3.59. The van der Waals surface area contributed by atoms with Gasteiger partial charge in [-0.25, -0.2) is 0 Å². The van der Waals surface area contributed by atoms with E-state index in [1.807, 2.05) is 7.05 Å². The van der Waals surface area contributed by atoms with Gasteiger partial charge in [-0.2, -0.15) is 5.10 Å². The van der Waals surface area contributed by atoms with E-state index in [0.717, 1.165) is 11.1 Å². The molecule has 0 fully saturated rings. The molecule has 0 saturated heterocycles. The molecule has 1 heterocycles. The van der Waals surface area contributed by atoms with E-state index in [9.17, 15) is 0 Å². The van der Waals surface area contributed by atoms with E-state index in [0.29, 0.717) is 6.17 Å². The van der Waals surface area contributed by atoms with Crippen molar-refractivity contribution in [2.24, 2.45) is 11.0 Å². The number of amidine groups is 1. The van der Waals surface area contributed by atoms with Gasteiger partial charge in [0, 0.05) is 7.05 Å². The van der Waals surface area contributed by atoms with Gasteiger partial charge in [0.25, 0.3) is 0 Å². The maximum absolute atomic E-state index is 4.28. The van der Waals surface area contributed by atoms with E-state index < -0.39 is 0 Å². The standard InChI is InChI=1S/C11H23N3S/c1-4-6-7-9(5-2)8-10-12-13-11(15)14(10)3/h9-10,12H,4-8H2,1-3H3,(H,13,15). The molecule has 0 aliphatic carbocycles. The van der Waals surface area contributed by atoms with Gasteiger partial charge in [-0.1, -0.05) is 39.5 Å². The topological polar surface area (TPSA) is 27.6 Å². The number of hydrazone groups is 1. The zero-order valence-corrected chi connectivity index (χ0v) is 10.9. The van der Waals surface area contributed by atoms with Gasteiger partial charge in [0.2, 0.25) is 0 Å². The third-order valence-corrected chi connectivity index (χ3v) is 3.61. The van der Waals surface area contributed by atoms with Crippen molar-refractivity contribution in [3.8, 4) is 0 Å². The molecule has 0 saturated carbocycles. The minimum Gasteiger partial charge on any atom is -0.332 e. The highest BCUT2D eigenvalue weighted by Gasteiger charge is 2.24. The molecule has 4 heteroatoms. The predicted molar refractivity (Wildman–Crippen MR) is 69.0 cm³/mol. The van der Waals surface area contributed by atoms with Crippen molar-refractivity contribution >= 4 is 17.8 Å². The smallest absolute Gasteiger partial charge is 0.181 e. The Morgan fingerprint density at radius 1 is 1.53 bits per heavy atom. The van der Waals surface area contributed by atoms with Crippen LogP contribution in [0.5, 0.6) is 0 Å². The first-order valence-electron chi connectivity index (χ1n) is 5.94. The fourth-order valence-electron chi connectivity index (χ4n) is 1.95. The van der Waals surface area contributed by atoms with Crippen LogP contribution in [0.15, 0.2) is 5.10 Å². The van der Waals surface area contributed by atoms with Crippen molar-refractivity contribution in [1.29, 1.82) is 0 Å². The summed E-state index contributed by atoms with van der Waals surface area (Å²) in [7, 11) is 2.04. The van der Waals surface area contributed by atoms with Crippen LogP contribution in [-0.2, 0) is 0 Å². The first-order valence-corrected chi connectivity index (χ1v) is 6.38. The second-order valence-corrected chi connectivity index (χ2v) is 4.72. The van der Waals surface area contributed by atoms with Crippen LogP contribution >= 0.6 is 12.6 Å². The fraction of sp³-hybridized carbons (Fsp3) is 0.909. The fourth-order valence-corrected chi connectivity index (χ4v) is 2.14. The molecule has 0 aromatic rings. The van der Waals surface area contributed by atoms with E-state index in [1.54, 1.807) is 0 Å². The average molecular weight is 229 g/mol. The van der Waals surface area contributed by atoms with Crippen LogP contribution in [0.25, 0.3) is 0 Å². The lowest BCUT2D eigenvalue weighted by atomic mass is 9.94. The van der Waals surface area contributed by atoms with Crippen molar-refractivity contribution in [3.63, 3.8) is 0 Å². The van der Waals surface area contributed by atoms with Crippen molar-refractivity contribution < 1.29 is 0 Å².